The number of fused-ring (bicyclic) bond motifs is 16. The molecule has 24 nitrogen and oxygen atoms in total. The molecule has 20 rings (SSSR count). The van der Waals surface area contributed by atoms with Crippen LogP contribution in [0.4, 0.5) is 35.9 Å². The number of hydrogen-bond acceptors (Lipinski definition) is 23. The zero-order valence-corrected chi connectivity index (χ0v) is 75.6. The summed E-state index contributed by atoms with van der Waals surface area (Å²) in [6.45, 7) is 13.9. The van der Waals surface area contributed by atoms with Crippen molar-refractivity contribution in [3.8, 4) is 34.5 Å². The van der Waals surface area contributed by atoms with Crippen molar-refractivity contribution in [2.24, 2.45) is 0 Å². The number of carbonyl (C=O) groups excluding carboxylic acids is 3. The second kappa shape index (κ2) is 36.1. The number of aliphatic carboxylic acids is 1. The van der Waals surface area contributed by atoms with E-state index in [0.29, 0.717) is 95.4 Å². The molecule has 1 aliphatic carbocycles. The van der Waals surface area contributed by atoms with Crippen molar-refractivity contribution < 1.29 is 93.1 Å². The van der Waals surface area contributed by atoms with Crippen LogP contribution in [0.1, 0.15) is 187 Å². The second-order valence-electron chi connectivity index (χ2n) is 35.1. The summed E-state index contributed by atoms with van der Waals surface area (Å²) in [5.41, 5.74) is 20.1. The lowest BCUT2D eigenvalue weighted by atomic mass is 9.70. The molecule has 0 unspecified atom stereocenters. The van der Waals surface area contributed by atoms with Gasteiger partial charge in [-0.15, -0.1) is 0 Å². The Labute approximate surface area is 761 Å². The molecule has 7 N–H and O–H groups in total. The molecule has 0 saturated heterocycles. The fraction of sp³-hybridized carbons (Fsp3) is 0.320. The molecule has 11 aromatic carbocycles. The van der Waals surface area contributed by atoms with Gasteiger partial charge in [-0.3, -0.25) is 9.59 Å². The number of hydrogen-bond donors (Lipinski definition) is 7. The number of phenols is 4. The van der Waals surface area contributed by atoms with Gasteiger partial charge >= 0.3 is 12.1 Å². The number of benzene rings is 11. The number of nitrogens with one attached hydrogen (secondary N) is 2. The van der Waals surface area contributed by atoms with Crippen LogP contribution >= 0.6 is 0 Å². The minimum absolute atomic E-state index is 0.00275. The first-order chi connectivity index (χ1) is 63.2. The Bertz CT molecular complexity index is 6980. The van der Waals surface area contributed by atoms with Gasteiger partial charge in [0.2, 0.25) is 10.9 Å². The van der Waals surface area contributed by atoms with Crippen LogP contribution < -0.4 is 50.9 Å². The lowest BCUT2D eigenvalue weighted by Gasteiger charge is -2.45. The Balaban J connectivity index is 0.000000137. The predicted octanol–water partition coefficient (Wildman–Crippen LogP) is 15.2. The number of ether oxygens (including phenoxy) is 2. The Morgan fingerprint density at radius 3 is 1.61 bits per heavy atom. The molecule has 0 amide bonds. The van der Waals surface area contributed by atoms with E-state index in [0.717, 1.165) is 187 Å². The highest BCUT2D eigenvalue weighted by Crippen LogP contribution is 2.64. The minimum Gasteiger partial charge on any atom is -0.542 e. The third kappa shape index (κ3) is 17.2. The van der Waals surface area contributed by atoms with E-state index in [1.54, 1.807) is 78.9 Å². The number of esters is 1. The Kier molecular flexibility index (Phi) is 24.8. The predicted molar refractivity (Wildman–Crippen MR) is 494 cm³/mol. The lowest BCUT2D eigenvalue weighted by Crippen LogP contribution is -2.40. The third-order valence-corrected chi connectivity index (χ3v) is 29.3. The van der Waals surface area contributed by atoms with Crippen LogP contribution in [0.25, 0.3) is 28.0 Å². The molecule has 684 valence electrons. The molecule has 8 heterocycles. The van der Waals surface area contributed by atoms with E-state index in [4.69, 9.17) is 28.0 Å². The average molecular weight is 1830 g/mol. The number of anilines is 4. The van der Waals surface area contributed by atoms with Gasteiger partial charge in [0, 0.05) is 136 Å². The van der Waals surface area contributed by atoms with Crippen molar-refractivity contribution in [1.82, 2.24) is 9.56 Å². The van der Waals surface area contributed by atoms with E-state index in [-0.39, 0.29) is 60.7 Å². The molecule has 29 heteroatoms. The van der Waals surface area contributed by atoms with Gasteiger partial charge in [0.15, 0.2) is 38.2 Å². The fourth-order valence-electron chi connectivity index (χ4n) is 19.9. The number of rotatable bonds is 18. The summed E-state index contributed by atoms with van der Waals surface area (Å²) < 4.78 is 116. The van der Waals surface area contributed by atoms with Crippen molar-refractivity contribution in [3.63, 3.8) is 0 Å². The molecule has 8 aliphatic rings. The highest BCUT2D eigenvalue weighted by Gasteiger charge is 2.59. The fourth-order valence-corrected chi connectivity index (χ4v) is 22.7. The third-order valence-electron chi connectivity index (χ3n) is 26.1. The number of aliphatic hydroxyl groups is 1. The number of aliphatic hydroxyl groups excluding tert-OH is 1. The zero-order valence-electron chi connectivity index (χ0n) is 73.9. The minimum atomic E-state index is -5.19. The first-order valence-corrected chi connectivity index (χ1v) is 47.7. The van der Waals surface area contributed by atoms with E-state index in [9.17, 15) is 69.9 Å². The van der Waals surface area contributed by atoms with E-state index in [2.05, 4.69) is 89.5 Å². The average Bonchev–Trinajstić information content (AvgIpc) is 1.46. The number of Topliss-reactive ketones (excluding diaryl/α,β-unsaturated/α-hetero) is 1. The summed E-state index contributed by atoms with van der Waals surface area (Å²) in [5.74, 6) is -2.05. The summed E-state index contributed by atoms with van der Waals surface area (Å²) in [4.78, 5) is 57.5. The van der Waals surface area contributed by atoms with E-state index in [1.807, 2.05) is 61.1 Å². The summed E-state index contributed by atoms with van der Waals surface area (Å²) in [6, 6.07) is 50.4. The Morgan fingerprint density at radius 2 is 1.10 bits per heavy atom. The van der Waals surface area contributed by atoms with Gasteiger partial charge < -0.3 is 69.8 Å². The number of carboxylic acid groups (broad SMARTS) is 1. The molecule has 7 aliphatic heterocycles. The van der Waals surface area contributed by atoms with Crippen LogP contribution in [0.3, 0.4) is 0 Å². The van der Waals surface area contributed by atoms with Crippen LogP contribution in [-0.4, -0.2) is 130 Å². The van der Waals surface area contributed by atoms with Crippen LogP contribution in [-0.2, 0) is 96.2 Å². The van der Waals surface area contributed by atoms with Crippen LogP contribution in [0.2, 0.25) is 0 Å². The molecule has 0 saturated carbocycles. The lowest BCUT2D eigenvalue weighted by molar-refractivity contribution is -0.344. The molecule has 0 radical (unpaired) electrons. The number of aromatic hydroxyl groups is 4. The number of aryl methyl sites for hydroxylation is 7. The maximum atomic E-state index is 14.4. The van der Waals surface area contributed by atoms with Gasteiger partial charge in [-0.1, -0.05) is 54.6 Å². The number of ketones is 1. The summed E-state index contributed by atoms with van der Waals surface area (Å²) in [6.07, 6.45) is 7.29. The topological polar surface area (TPSA) is 348 Å². The first-order valence-electron chi connectivity index (χ1n) is 44.7. The van der Waals surface area contributed by atoms with Crippen molar-refractivity contribution in [3.05, 3.63) is 296 Å². The molecular weight excluding hydrogens is 1730 g/mol. The summed E-state index contributed by atoms with van der Waals surface area (Å²) >= 11 is 0. The smallest absolute Gasteiger partial charge is 0.430 e. The van der Waals surface area contributed by atoms with Gasteiger partial charge in [0.25, 0.3) is 15.5 Å². The van der Waals surface area contributed by atoms with Crippen molar-refractivity contribution >= 4 is 88.4 Å². The summed E-state index contributed by atoms with van der Waals surface area (Å²) in [7, 11) is -4.43. The number of nitrogens with zero attached hydrogens (tertiary/aromatic N) is 4. The number of phenolic OH excluding ortho intramolecular Hbond substituents is 4. The number of alkyl halides is 3. The standard InChI is InChI=1S/C40H40N2O7S2.C37H38N2O4.C24H22N2O5.C2HF3O2/c43-28-13-11-25(12-14-28)6-5-21-50(44,45)29-15-16-32-35(24-29)51(46,47)49-40(32)33-22-26-7-1-17-41-19-3-9-30(36(26)41)38(33)48-39-31-10-4-20-42-18-2-8-27(37(31)42)23-34(39)40;1-5-38-33-20-26-18-27-21-34(39-6-2)23(4)17-32(27)37(31(26)16-22(33)3)30-15-12-25(19-29(30)36(42)43-37)35(41)9-7-8-24-10-13-28(40)14-11-24;1-26(2)15-8-11-18-21(12-15)31-24-22(25-18)17(13-20(29)23(24)30)19(28)5-3-4-14-6-9-16(27)10-7-14;3-2(4,5)1(6)7/h11-16,22-24,43H,1-10,17-21H2;10-17,19-21,38-40H,5-9,18H2,1-4H3;6-13H,3-5H2,1-2H3,(H2,25,27,30);(H,6,7). The number of carboxylic acids is 1. The van der Waals surface area contributed by atoms with E-state index < -0.39 is 60.5 Å². The van der Waals surface area contributed by atoms with Crippen molar-refractivity contribution in [2.45, 2.75) is 164 Å². The van der Waals surface area contributed by atoms with Gasteiger partial charge in [-0.05, 0) is 277 Å². The second-order valence-corrected chi connectivity index (χ2v) is 38.7. The Morgan fingerprint density at radius 1 is 0.591 bits per heavy atom. The Hall–Kier alpha value is -13.3. The number of sulfone groups is 1. The van der Waals surface area contributed by atoms with E-state index >= 15 is 0 Å². The molecule has 0 atom stereocenters. The van der Waals surface area contributed by atoms with Gasteiger partial charge in [-0.2, -0.15) is 21.6 Å². The SMILES string of the molecule is CCNc1cc2c(cc1C)C1(OC(=O)c3cc(C(=O)CCCc4ccc(O)cc4)ccc31)c1cc(C)c(NCC)cc1C2.C[N+](C)=c1ccc2nc3c(=C(O)CCCc4ccc(O)cc4)cc(O)c(=O)c3oc2c1.O=C([O-])C(F)(F)F.O=S(=O)(CCCc1ccc(O)cc1)c1ccc2c(c1)S(=O)(=O)OC21c2cc3c4c(c2Oc2c1cc1c5c2CCCN5CCC1)CCCN4CCC3. The first kappa shape index (κ1) is 90.7. The number of carbonyl (C=O) groups is 3. The zero-order chi connectivity index (χ0) is 93.2. The molecule has 2 spiro atoms. The monoisotopic (exact) mass is 1830 g/mol. The van der Waals surface area contributed by atoms with Crippen molar-refractivity contribution in [2.75, 3.05) is 79.6 Å². The number of aromatic nitrogens is 1. The molecule has 0 bridgehead atoms. The maximum absolute atomic E-state index is 14.4. The quantitative estimate of drug-likeness (QED) is 0.0138. The van der Waals surface area contributed by atoms with E-state index in [1.165, 1.54) is 34.6 Å². The van der Waals surface area contributed by atoms with Crippen molar-refractivity contribution in [1.29, 1.82) is 0 Å². The van der Waals surface area contributed by atoms with Gasteiger partial charge in [0.05, 0.1) is 22.3 Å². The highest BCUT2D eigenvalue weighted by atomic mass is 32.2. The molecular formula is C103H101F3N6O18S2. The van der Waals surface area contributed by atoms with Crippen LogP contribution in [0.5, 0.6) is 34.5 Å². The van der Waals surface area contributed by atoms with Crippen LogP contribution in [0.15, 0.2) is 189 Å². The normalized spacial score (nSPS) is 15.9. The summed E-state index contributed by atoms with van der Waals surface area (Å²) in [5, 5.41) is 66.2. The highest BCUT2D eigenvalue weighted by molar-refractivity contribution is 7.91. The van der Waals surface area contributed by atoms with Gasteiger partial charge in [0.1, 0.15) is 70.5 Å². The molecule has 132 heavy (non-hydrogen) atoms. The number of halogens is 3. The molecule has 1 aromatic heterocycles. The molecule has 12 aromatic rings. The maximum Gasteiger partial charge on any atom is 0.430 e. The largest absolute Gasteiger partial charge is 0.542 e. The van der Waals surface area contributed by atoms with Crippen LogP contribution in [0, 0.1) is 13.8 Å². The molecule has 0 fully saturated rings. The van der Waals surface area contributed by atoms with Gasteiger partial charge in [-0.25, -0.2) is 27.0 Å².